The number of nitrogens with zero attached hydrogens (tertiary/aromatic N) is 3. The van der Waals surface area contributed by atoms with Crippen molar-refractivity contribution in [2.45, 2.75) is 58.1 Å². The zero-order valence-corrected chi connectivity index (χ0v) is 19.6. The van der Waals surface area contributed by atoms with Gasteiger partial charge in [0.05, 0.1) is 30.3 Å². The molecule has 1 unspecified atom stereocenters. The predicted octanol–water partition coefficient (Wildman–Crippen LogP) is 3.97. The van der Waals surface area contributed by atoms with Gasteiger partial charge in [0.15, 0.2) is 0 Å². The predicted molar refractivity (Wildman–Crippen MR) is 120 cm³/mol. The topological polar surface area (TPSA) is 82.9 Å². The van der Waals surface area contributed by atoms with Crippen molar-refractivity contribution in [1.29, 1.82) is 0 Å². The van der Waals surface area contributed by atoms with Crippen LogP contribution in [0.3, 0.4) is 0 Å². The second kappa shape index (κ2) is 8.39. The van der Waals surface area contributed by atoms with E-state index in [0.717, 1.165) is 36.1 Å². The van der Waals surface area contributed by atoms with Crippen LogP contribution in [-0.4, -0.2) is 66.0 Å². The Labute approximate surface area is 188 Å². The number of hydrogen-bond acceptors (Lipinski definition) is 6. The summed E-state index contributed by atoms with van der Waals surface area (Å²) in [6.45, 7) is 8.32. The molecule has 1 aliphatic heterocycles. The Balaban J connectivity index is 1.54. The molecule has 0 radical (unpaired) electrons. The van der Waals surface area contributed by atoms with Crippen molar-refractivity contribution in [3.8, 4) is 0 Å². The molecule has 8 heteroatoms. The van der Waals surface area contributed by atoms with Gasteiger partial charge in [0.1, 0.15) is 11.4 Å². The van der Waals surface area contributed by atoms with Crippen LogP contribution in [0.5, 0.6) is 0 Å². The fourth-order valence-corrected chi connectivity index (χ4v) is 4.80. The van der Waals surface area contributed by atoms with Gasteiger partial charge in [-0.05, 0) is 63.6 Å². The Bertz CT molecular complexity index is 1010. The third-order valence-corrected chi connectivity index (χ3v) is 6.63. The van der Waals surface area contributed by atoms with Crippen molar-refractivity contribution in [2.24, 2.45) is 5.41 Å². The lowest BCUT2D eigenvalue weighted by molar-refractivity contribution is 0.0169. The van der Waals surface area contributed by atoms with Gasteiger partial charge in [-0.2, -0.15) is 0 Å². The van der Waals surface area contributed by atoms with Crippen molar-refractivity contribution in [3.05, 3.63) is 29.6 Å². The van der Waals surface area contributed by atoms with E-state index in [4.69, 9.17) is 19.2 Å². The highest BCUT2D eigenvalue weighted by atomic mass is 16.6. The summed E-state index contributed by atoms with van der Waals surface area (Å²) in [5.74, 6) is 1.03. The first-order valence-electron chi connectivity index (χ1n) is 11.2. The van der Waals surface area contributed by atoms with Gasteiger partial charge >= 0.3 is 12.1 Å². The first-order chi connectivity index (χ1) is 15.2. The van der Waals surface area contributed by atoms with Crippen LogP contribution < -0.4 is 0 Å². The molecule has 2 aromatic rings. The monoisotopic (exact) mass is 443 g/mol. The zero-order valence-electron chi connectivity index (χ0n) is 19.6. The fourth-order valence-electron chi connectivity index (χ4n) is 4.80. The van der Waals surface area contributed by atoms with Crippen LogP contribution in [0.25, 0.3) is 11.0 Å². The molecule has 8 nitrogen and oxygen atoms in total. The van der Waals surface area contributed by atoms with E-state index in [-0.39, 0.29) is 17.5 Å². The number of methoxy groups -OCH3 is 2. The maximum Gasteiger partial charge on any atom is 0.410 e. The van der Waals surface area contributed by atoms with E-state index in [1.807, 2.05) is 37.8 Å². The summed E-state index contributed by atoms with van der Waals surface area (Å²) < 4.78 is 17.9. The summed E-state index contributed by atoms with van der Waals surface area (Å²) in [6.07, 6.45) is 2.72. The van der Waals surface area contributed by atoms with E-state index >= 15 is 0 Å². The number of imidazole rings is 1. The Hall–Kier alpha value is -2.61. The van der Waals surface area contributed by atoms with E-state index in [1.165, 1.54) is 7.11 Å². The van der Waals surface area contributed by atoms with Gasteiger partial charge in [0.25, 0.3) is 0 Å². The van der Waals surface area contributed by atoms with Crippen molar-refractivity contribution in [3.63, 3.8) is 0 Å². The standard InChI is InChI=1S/C24H33N3O5/c1-23(2,3)32-22(29)26-10-8-24(9-11-26)15-17(24)20-25-18-7-6-16(21(28)31-5)14-19(18)27(20)12-13-30-4/h6-7,14,17H,8-13,15H2,1-5H3. The lowest BCUT2D eigenvalue weighted by Crippen LogP contribution is -2.42. The molecule has 0 N–H and O–H groups in total. The van der Waals surface area contributed by atoms with Crippen molar-refractivity contribution in [2.75, 3.05) is 33.9 Å². The van der Waals surface area contributed by atoms with Crippen LogP contribution in [-0.2, 0) is 20.8 Å². The molecule has 1 spiro atoms. The number of carbonyl (C=O) groups is 2. The van der Waals surface area contributed by atoms with E-state index in [9.17, 15) is 9.59 Å². The normalized spacial score (nSPS) is 19.9. The Morgan fingerprint density at radius 1 is 1.19 bits per heavy atom. The number of hydrogen-bond donors (Lipinski definition) is 0. The molecule has 0 bridgehead atoms. The minimum atomic E-state index is -0.483. The highest BCUT2D eigenvalue weighted by molar-refractivity contribution is 5.93. The van der Waals surface area contributed by atoms with Crippen LogP contribution in [0.4, 0.5) is 4.79 Å². The summed E-state index contributed by atoms with van der Waals surface area (Å²) in [4.78, 5) is 31.2. The molecule has 2 heterocycles. The van der Waals surface area contributed by atoms with Crippen LogP contribution in [0.2, 0.25) is 0 Å². The van der Waals surface area contributed by atoms with E-state index in [0.29, 0.717) is 37.7 Å². The average molecular weight is 444 g/mol. The molecule has 2 fully saturated rings. The lowest BCUT2D eigenvalue weighted by atomic mass is 9.91. The molecule has 1 atom stereocenters. The lowest BCUT2D eigenvalue weighted by Gasteiger charge is -2.34. The smallest absolute Gasteiger partial charge is 0.410 e. The Morgan fingerprint density at radius 3 is 2.53 bits per heavy atom. The van der Waals surface area contributed by atoms with Crippen LogP contribution in [0.15, 0.2) is 18.2 Å². The van der Waals surface area contributed by atoms with Crippen molar-refractivity contribution >= 4 is 23.1 Å². The number of rotatable bonds is 5. The quantitative estimate of drug-likeness (QED) is 0.650. The number of fused-ring (bicyclic) bond motifs is 1. The van der Waals surface area contributed by atoms with Gasteiger partial charge in [-0.25, -0.2) is 14.6 Å². The van der Waals surface area contributed by atoms with Crippen molar-refractivity contribution < 1.29 is 23.8 Å². The highest BCUT2D eigenvalue weighted by Crippen LogP contribution is 2.64. The molecule has 1 aromatic carbocycles. The number of amides is 1. The molecule has 1 saturated heterocycles. The van der Waals surface area contributed by atoms with Gasteiger partial charge in [0, 0.05) is 32.7 Å². The number of benzene rings is 1. The maximum atomic E-state index is 12.4. The number of piperidine rings is 1. The summed E-state index contributed by atoms with van der Waals surface area (Å²) in [5, 5.41) is 0. The molecule has 174 valence electrons. The fraction of sp³-hybridized carbons (Fsp3) is 0.625. The Morgan fingerprint density at radius 2 is 1.91 bits per heavy atom. The van der Waals surface area contributed by atoms with Gasteiger partial charge in [-0.3, -0.25) is 0 Å². The van der Waals surface area contributed by atoms with Gasteiger partial charge in [-0.1, -0.05) is 0 Å². The number of esters is 1. The molecule has 1 saturated carbocycles. The van der Waals surface area contributed by atoms with Gasteiger partial charge < -0.3 is 23.7 Å². The summed E-state index contributed by atoms with van der Waals surface area (Å²) in [7, 11) is 3.07. The van der Waals surface area contributed by atoms with Gasteiger partial charge in [0.2, 0.25) is 0 Å². The number of aromatic nitrogens is 2. The minimum Gasteiger partial charge on any atom is -0.465 e. The summed E-state index contributed by atoms with van der Waals surface area (Å²) >= 11 is 0. The molecular weight excluding hydrogens is 410 g/mol. The molecule has 4 rings (SSSR count). The van der Waals surface area contributed by atoms with Gasteiger partial charge in [-0.15, -0.1) is 0 Å². The SMILES string of the molecule is COCCn1c(C2CC23CCN(C(=O)OC(C)(C)C)CC3)nc2ccc(C(=O)OC)cc21. The van der Waals surface area contributed by atoms with E-state index in [2.05, 4.69) is 4.57 Å². The number of likely N-dealkylation sites (tertiary alicyclic amines) is 1. The summed E-state index contributed by atoms with van der Waals surface area (Å²) in [6, 6.07) is 5.50. The second-order valence-electron chi connectivity index (χ2n) is 9.90. The minimum absolute atomic E-state index is 0.176. The second-order valence-corrected chi connectivity index (χ2v) is 9.90. The first-order valence-corrected chi connectivity index (χ1v) is 11.2. The summed E-state index contributed by atoms with van der Waals surface area (Å²) in [5.41, 5.74) is 2.01. The largest absolute Gasteiger partial charge is 0.465 e. The zero-order chi connectivity index (χ0) is 23.1. The average Bonchev–Trinajstić information content (AvgIpc) is 3.31. The maximum absolute atomic E-state index is 12.4. The van der Waals surface area contributed by atoms with Crippen LogP contribution in [0, 0.1) is 5.41 Å². The molecule has 1 aromatic heterocycles. The highest BCUT2D eigenvalue weighted by Gasteiger charge is 2.58. The third-order valence-electron chi connectivity index (χ3n) is 6.63. The van der Waals surface area contributed by atoms with Crippen molar-refractivity contribution in [1.82, 2.24) is 14.5 Å². The van der Waals surface area contributed by atoms with E-state index in [1.54, 1.807) is 13.2 Å². The van der Waals surface area contributed by atoms with Crippen LogP contribution in [0.1, 0.15) is 62.1 Å². The number of ether oxygens (including phenoxy) is 3. The molecule has 1 aliphatic carbocycles. The molecule has 2 aliphatic rings. The van der Waals surface area contributed by atoms with E-state index < -0.39 is 5.60 Å². The molecule has 32 heavy (non-hydrogen) atoms. The molecular formula is C24H33N3O5. The van der Waals surface area contributed by atoms with Crippen LogP contribution >= 0.6 is 0 Å². The third kappa shape index (κ3) is 4.33. The molecule has 1 amide bonds. The number of carbonyl (C=O) groups excluding carboxylic acids is 2. The Kier molecular flexibility index (Phi) is 5.92. The first kappa shape index (κ1) is 22.6.